The second-order valence-electron chi connectivity index (χ2n) is 3.72. The van der Waals surface area contributed by atoms with Crippen molar-refractivity contribution < 1.29 is 32.0 Å². The Bertz CT molecular complexity index is 549. The molecule has 3 N–H and O–H groups in total. The lowest BCUT2D eigenvalue weighted by molar-refractivity contribution is -0.386. The quantitative estimate of drug-likeness (QED) is 0.489. The highest BCUT2D eigenvalue weighted by atomic mass is 79.9. The zero-order chi connectivity index (χ0) is 15.9. The van der Waals surface area contributed by atoms with Crippen LogP contribution in [-0.2, 0) is 0 Å². The first-order chi connectivity index (χ1) is 8.89. The lowest BCUT2D eigenvalue weighted by Gasteiger charge is -2.26. The first-order valence-corrected chi connectivity index (χ1v) is 5.55. The van der Waals surface area contributed by atoms with Gasteiger partial charge in [-0.05, 0) is 6.07 Å². The molecule has 0 aliphatic carbocycles. The average Bonchev–Trinajstić information content (AvgIpc) is 2.28. The Labute approximate surface area is 116 Å². The van der Waals surface area contributed by atoms with E-state index in [-0.39, 0.29) is 4.47 Å². The Morgan fingerprint density at radius 1 is 1.30 bits per heavy atom. The second-order valence-corrected chi connectivity index (χ2v) is 4.63. The molecule has 0 saturated carbocycles. The first-order valence-electron chi connectivity index (χ1n) is 4.76. The number of aromatic hydroxyl groups is 1. The van der Waals surface area contributed by atoms with E-state index in [2.05, 4.69) is 15.9 Å². The van der Waals surface area contributed by atoms with Crippen molar-refractivity contribution >= 4 is 21.6 Å². The van der Waals surface area contributed by atoms with Gasteiger partial charge < -0.3 is 10.8 Å². The van der Waals surface area contributed by atoms with Crippen LogP contribution in [0.2, 0.25) is 0 Å². The molecule has 1 aromatic rings. The van der Waals surface area contributed by atoms with Crippen LogP contribution in [0.1, 0.15) is 11.6 Å². The van der Waals surface area contributed by atoms with Crippen molar-refractivity contribution in [2.75, 3.05) is 0 Å². The van der Waals surface area contributed by atoms with E-state index in [4.69, 9.17) is 5.73 Å². The van der Waals surface area contributed by atoms with Crippen LogP contribution in [0.5, 0.6) is 5.75 Å². The van der Waals surface area contributed by atoms with E-state index < -0.39 is 40.1 Å². The van der Waals surface area contributed by atoms with Gasteiger partial charge in [-0.15, -0.1) is 0 Å². The van der Waals surface area contributed by atoms with Gasteiger partial charge in [0.1, 0.15) is 6.04 Å². The predicted molar refractivity (Wildman–Crippen MR) is 60.4 cm³/mol. The Balaban J connectivity index is 3.44. The van der Waals surface area contributed by atoms with Gasteiger partial charge >= 0.3 is 17.8 Å². The third kappa shape index (κ3) is 2.82. The first kappa shape index (κ1) is 16.6. The summed E-state index contributed by atoms with van der Waals surface area (Å²) in [4.78, 5) is 9.43. The molecule has 5 nitrogen and oxygen atoms in total. The number of halogens is 6. The van der Waals surface area contributed by atoms with Crippen molar-refractivity contribution in [3.8, 4) is 5.75 Å². The molecule has 0 heterocycles. The van der Waals surface area contributed by atoms with Crippen molar-refractivity contribution in [3.63, 3.8) is 0 Å². The number of alkyl halides is 5. The van der Waals surface area contributed by atoms with Crippen LogP contribution in [-0.4, -0.2) is 22.1 Å². The summed E-state index contributed by atoms with van der Waals surface area (Å²) in [5.74, 6) is -6.70. The topological polar surface area (TPSA) is 89.4 Å². The van der Waals surface area contributed by atoms with E-state index >= 15 is 0 Å². The molecule has 0 radical (unpaired) electrons. The summed E-state index contributed by atoms with van der Waals surface area (Å²) in [5.41, 5.74) is 2.70. The highest BCUT2D eigenvalue weighted by Crippen LogP contribution is 2.47. The summed E-state index contributed by atoms with van der Waals surface area (Å²) in [6, 6.07) is -1.58. The van der Waals surface area contributed by atoms with Crippen LogP contribution in [0, 0.1) is 10.1 Å². The number of phenolic OH excluding ortho intramolecular Hbond substituents is 1. The molecule has 0 bridgehead atoms. The number of nitrogens with zero attached hydrogens (tertiary/aromatic N) is 1. The number of nitro groups is 1. The molecule has 1 rings (SSSR count). The van der Waals surface area contributed by atoms with Gasteiger partial charge in [-0.3, -0.25) is 10.1 Å². The van der Waals surface area contributed by atoms with Gasteiger partial charge in [0.05, 0.1) is 4.92 Å². The molecule has 0 saturated heterocycles. The zero-order valence-electron chi connectivity index (χ0n) is 9.29. The third-order valence-electron chi connectivity index (χ3n) is 2.38. The van der Waals surface area contributed by atoms with Crippen LogP contribution in [0.4, 0.5) is 27.6 Å². The van der Waals surface area contributed by atoms with Crippen molar-refractivity contribution in [3.05, 3.63) is 32.3 Å². The average molecular weight is 365 g/mol. The summed E-state index contributed by atoms with van der Waals surface area (Å²) in [5, 5.41) is 20.0. The van der Waals surface area contributed by atoms with E-state index in [1.54, 1.807) is 0 Å². The molecule has 0 fully saturated rings. The fourth-order valence-corrected chi connectivity index (χ4v) is 1.82. The van der Waals surface area contributed by atoms with Crippen molar-refractivity contribution in [2.45, 2.75) is 18.1 Å². The van der Waals surface area contributed by atoms with E-state index in [0.29, 0.717) is 6.07 Å². The number of phenols is 1. The van der Waals surface area contributed by atoms with Crippen LogP contribution < -0.4 is 5.73 Å². The van der Waals surface area contributed by atoms with Gasteiger partial charge in [0.15, 0.2) is 5.75 Å². The minimum absolute atomic E-state index is 0.176. The fraction of sp³-hybridized carbons (Fsp3) is 0.333. The molecule has 0 spiro atoms. The molecule has 0 aliphatic rings. The minimum Gasteiger partial charge on any atom is -0.502 e. The van der Waals surface area contributed by atoms with E-state index in [1.165, 1.54) is 0 Å². The number of hydrogen-bond donors (Lipinski definition) is 2. The summed E-state index contributed by atoms with van der Waals surface area (Å²) in [7, 11) is 0. The van der Waals surface area contributed by atoms with Gasteiger partial charge in [0.25, 0.3) is 0 Å². The largest absolute Gasteiger partial charge is 0.502 e. The molecular formula is C9H6BrF5N2O3. The molecule has 1 aromatic carbocycles. The van der Waals surface area contributed by atoms with E-state index in [9.17, 15) is 37.2 Å². The molecule has 1 atom stereocenters. The molecule has 0 unspecified atom stereocenters. The predicted octanol–water partition coefficient (Wildman–Crippen LogP) is 3.26. The maximum Gasteiger partial charge on any atom is 0.455 e. The zero-order valence-corrected chi connectivity index (χ0v) is 10.9. The standard InChI is InChI=1S/C9H6BrF5N2O3/c10-3-1-4(6(18)5(2-3)17(19)20)7(16)8(11,12)9(13,14)15/h1-2,7,18H,16H2/t7-/m0/s1. The SMILES string of the molecule is N[C@@H](c1cc(Br)cc([N+](=O)[O-])c1O)C(F)(F)C(F)(F)F. The third-order valence-corrected chi connectivity index (χ3v) is 2.84. The molecule has 0 aliphatic heterocycles. The normalized spacial score (nSPS) is 14.2. The van der Waals surface area contributed by atoms with E-state index in [0.717, 1.165) is 6.07 Å². The second kappa shape index (κ2) is 5.13. The number of hydrogen-bond acceptors (Lipinski definition) is 4. The summed E-state index contributed by atoms with van der Waals surface area (Å²) in [6.07, 6.45) is -5.96. The number of nitro benzene ring substituents is 1. The van der Waals surface area contributed by atoms with Crippen LogP contribution >= 0.6 is 15.9 Å². The summed E-state index contributed by atoms with van der Waals surface area (Å²) in [6.45, 7) is 0. The maximum absolute atomic E-state index is 13.1. The number of benzene rings is 1. The smallest absolute Gasteiger partial charge is 0.455 e. The lowest BCUT2D eigenvalue weighted by atomic mass is 9.99. The fourth-order valence-electron chi connectivity index (χ4n) is 1.35. The highest BCUT2D eigenvalue weighted by Gasteiger charge is 2.62. The molecule has 11 heteroatoms. The van der Waals surface area contributed by atoms with Gasteiger partial charge in [-0.25, -0.2) is 0 Å². The monoisotopic (exact) mass is 364 g/mol. The molecule has 20 heavy (non-hydrogen) atoms. The molecule has 112 valence electrons. The van der Waals surface area contributed by atoms with Crippen LogP contribution in [0.15, 0.2) is 16.6 Å². The highest BCUT2D eigenvalue weighted by molar-refractivity contribution is 9.10. The van der Waals surface area contributed by atoms with Gasteiger partial charge in [0, 0.05) is 16.1 Å². The molecular weight excluding hydrogens is 359 g/mol. The lowest BCUT2D eigenvalue weighted by Crippen LogP contribution is -2.45. The Kier molecular flexibility index (Phi) is 4.25. The maximum atomic E-state index is 13.1. The Hall–Kier alpha value is -1.49. The molecule has 0 amide bonds. The molecule has 0 aromatic heterocycles. The number of nitrogens with two attached hydrogens (primary N) is 1. The van der Waals surface area contributed by atoms with Crippen LogP contribution in [0.3, 0.4) is 0 Å². The van der Waals surface area contributed by atoms with Crippen LogP contribution in [0.25, 0.3) is 0 Å². The minimum atomic E-state index is -5.96. The van der Waals surface area contributed by atoms with E-state index in [1.807, 2.05) is 0 Å². The van der Waals surface area contributed by atoms with Gasteiger partial charge in [-0.2, -0.15) is 22.0 Å². The van der Waals surface area contributed by atoms with Crippen molar-refractivity contribution in [1.29, 1.82) is 0 Å². The van der Waals surface area contributed by atoms with Crippen molar-refractivity contribution in [1.82, 2.24) is 0 Å². The summed E-state index contributed by atoms with van der Waals surface area (Å²) >= 11 is 2.70. The van der Waals surface area contributed by atoms with Gasteiger partial charge in [0.2, 0.25) is 0 Å². The summed E-state index contributed by atoms with van der Waals surface area (Å²) < 4.78 is 62.7. The Morgan fingerprint density at radius 2 is 1.80 bits per heavy atom. The number of rotatable bonds is 3. The Morgan fingerprint density at radius 3 is 2.20 bits per heavy atom. The van der Waals surface area contributed by atoms with Gasteiger partial charge in [-0.1, -0.05) is 15.9 Å². The van der Waals surface area contributed by atoms with Crippen molar-refractivity contribution in [2.24, 2.45) is 5.73 Å².